The van der Waals surface area contributed by atoms with Gasteiger partial charge in [-0.3, -0.25) is 14.2 Å². The van der Waals surface area contributed by atoms with Gasteiger partial charge in [-0.2, -0.15) is 0 Å². The molecule has 0 bridgehead atoms. The Morgan fingerprint density at radius 3 is 1.80 bits per heavy atom. The second-order valence-electron chi connectivity index (χ2n) is 10.0. The number of ether oxygens (including phenoxy) is 2. The predicted octanol–water partition coefficient (Wildman–Crippen LogP) is 5.59. The average Bonchev–Trinajstić information content (AvgIpc) is 2.87. The Morgan fingerprint density at radius 2 is 1.30 bits per heavy atom. The molecule has 0 spiro atoms. The molecule has 0 aromatic carbocycles. The molecule has 0 radical (unpaired) electrons. The normalized spacial score (nSPS) is 15.1. The fourth-order valence-electron chi connectivity index (χ4n) is 2.88. The molecule has 0 amide bonds. The summed E-state index contributed by atoms with van der Waals surface area (Å²) in [5.41, 5.74) is 0. The van der Waals surface area contributed by atoms with Crippen molar-refractivity contribution in [3.05, 3.63) is 60.8 Å². The van der Waals surface area contributed by atoms with Crippen LogP contribution in [0.25, 0.3) is 0 Å². The summed E-state index contributed by atoms with van der Waals surface area (Å²) in [6, 6.07) is 0. The monoisotopic (exact) mass is 583 g/mol. The van der Waals surface area contributed by atoms with E-state index in [0.29, 0.717) is 23.9 Å². The molecule has 0 saturated heterocycles. The van der Waals surface area contributed by atoms with E-state index in [-0.39, 0.29) is 26.1 Å². The Kier molecular flexibility index (Phi) is 22.1. The van der Waals surface area contributed by atoms with E-state index in [1.54, 1.807) is 6.08 Å². The lowest BCUT2D eigenvalue weighted by Crippen LogP contribution is -2.37. The van der Waals surface area contributed by atoms with E-state index in [2.05, 4.69) is 49.5 Å². The van der Waals surface area contributed by atoms with Crippen LogP contribution in [0.4, 0.5) is 0 Å². The van der Waals surface area contributed by atoms with Gasteiger partial charge in [0.25, 0.3) is 7.82 Å². The van der Waals surface area contributed by atoms with Gasteiger partial charge in [-0.15, -0.1) is 0 Å². The highest BCUT2D eigenvalue weighted by Crippen LogP contribution is 2.38. The third kappa shape index (κ3) is 26.0. The Morgan fingerprint density at radius 1 is 0.775 bits per heavy atom. The minimum atomic E-state index is -4.61. The number of rotatable bonds is 23. The topological polar surface area (TPSA) is 111 Å². The number of quaternary nitrogens is 1. The van der Waals surface area contributed by atoms with Crippen LogP contribution in [-0.4, -0.2) is 70.0 Å². The van der Waals surface area contributed by atoms with Gasteiger partial charge in [-0.05, 0) is 38.5 Å². The van der Waals surface area contributed by atoms with Gasteiger partial charge in [0, 0.05) is 6.42 Å². The third-order valence-corrected chi connectivity index (χ3v) is 6.02. The number of nitrogens with zero attached hydrogens (tertiary/aromatic N) is 1. The molecule has 0 aromatic rings. The number of carbonyl (C=O) groups is 2. The molecule has 0 aliphatic rings. The number of phosphoric ester groups is 1. The molecule has 0 rings (SSSR count). The van der Waals surface area contributed by atoms with Crippen molar-refractivity contribution in [2.75, 3.05) is 47.5 Å². The van der Waals surface area contributed by atoms with Gasteiger partial charge in [0.2, 0.25) is 0 Å². The zero-order valence-corrected chi connectivity index (χ0v) is 25.9. The maximum atomic E-state index is 12.3. The predicted molar refractivity (Wildman–Crippen MR) is 157 cm³/mol. The van der Waals surface area contributed by atoms with Crippen LogP contribution in [0.5, 0.6) is 0 Å². The van der Waals surface area contributed by atoms with Gasteiger partial charge in [0.15, 0.2) is 6.10 Å². The number of hydrogen-bond acceptors (Lipinski definition) is 8. The van der Waals surface area contributed by atoms with Crippen molar-refractivity contribution in [2.24, 2.45) is 0 Å². The molecular formula is C30H50NO8P. The third-order valence-electron chi connectivity index (χ3n) is 5.05. The lowest BCUT2D eigenvalue weighted by molar-refractivity contribution is -0.870. The van der Waals surface area contributed by atoms with Crippen LogP contribution in [0.2, 0.25) is 0 Å². The molecule has 2 unspecified atom stereocenters. The quantitative estimate of drug-likeness (QED) is 0.0662. The molecule has 0 saturated carbocycles. The van der Waals surface area contributed by atoms with Crippen molar-refractivity contribution in [1.82, 2.24) is 0 Å². The van der Waals surface area contributed by atoms with Crippen LogP contribution >= 0.6 is 7.82 Å². The van der Waals surface area contributed by atoms with Crippen LogP contribution in [0.1, 0.15) is 65.2 Å². The van der Waals surface area contributed by atoms with Crippen molar-refractivity contribution >= 4 is 19.8 Å². The van der Waals surface area contributed by atoms with E-state index in [0.717, 1.165) is 25.7 Å². The molecule has 40 heavy (non-hydrogen) atoms. The second kappa shape index (κ2) is 23.4. The van der Waals surface area contributed by atoms with Crippen LogP contribution in [0.15, 0.2) is 60.8 Å². The molecule has 0 aliphatic heterocycles. The summed E-state index contributed by atoms with van der Waals surface area (Å²) in [4.78, 5) is 36.1. The van der Waals surface area contributed by atoms with E-state index in [1.807, 2.05) is 40.2 Å². The van der Waals surface area contributed by atoms with Gasteiger partial charge in [-0.25, -0.2) is 0 Å². The first kappa shape index (κ1) is 37.7. The summed E-state index contributed by atoms with van der Waals surface area (Å²) in [6.07, 6.45) is 24.6. The second-order valence-corrected chi connectivity index (χ2v) is 11.5. The van der Waals surface area contributed by atoms with Gasteiger partial charge in [-0.1, -0.05) is 74.6 Å². The first-order valence-electron chi connectivity index (χ1n) is 14.0. The minimum absolute atomic E-state index is 0.0119. The number of allylic oxidation sites excluding steroid dienone is 9. The molecule has 228 valence electrons. The van der Waals surface area contributed by atoms with E-state index in [4.69, 9.17) is 18.5 Å². The van der Waals surface area contributed by atoms with E-state index in [9.17, 15) is 19.0 Å². The maximum absolute atomic E-state index is 12.3. The Bertz CT molecular complexity index is 887. The van der Waals surface area contributed by atoms with Gasteiger partial charge < -0.3 is 27.9 Å². The van der Waals surface area contributed by atoms with Crippen molar-refractivity contribution in [3.63, 3.8) is 0 Å². The van der Waals surface area contributed by atoms with E-state index < -0.39 is 32.5 Å². The fourth-order valence-corrected chi connectivity index (χ4v) is 3.61. The molecule has 0 aliphatic carbocycles. The van der Waals surface area contributed by atoms with Crippen LogP contribution < -0.4 is 4.89 Å². The summed E-state index contributed by atoms with van der Waals surface area (Å²) < 4.78 is 32.8. The Labute approximate surface area is 241 Å². The number of likely N-dealkylation sites (N-methyl/N-ethyl adjacent to an activating group) is 1. The molecule has 9 nitrogen and oxygen atoms in total. The number of phosphoric acid groups is 1. The lowest BCUT2D eigenvalue weighted by Gasteiger charge is -2.28. The molecular weight excluding hydrogens is 533 g/mol. The molecule has 0 heterocycles. The lowest BCUT2D eigenvalue weighted by atomic mass is 10.2. The van der Waals surface area contributed by atoms with Crippen molar-refractivity contribution in [2.45, 2.75) is 71.3 Å². The SMILES string of the molecule is CC/C=C\C/C=C\C/C=C\C/C=C\C/C=C\CC(=O)OC(COC(=O)CCC)COP(=O)([O-])OCC[N+](C)(C)C. The Balaban J connectivity index is 4.51. The standard InChI is InChI=1S/C30H50NO8P/c1-6-8-9-10-11-12-13-14-15-16-17-18-19-20-21-23-30(33)39-28(26-36-29(32)22-7-2)27-38-40(34,35)37-25-24-31(3,4)5/h8-9,11-12,14-15,17-18,20-21,28H,6-7,10,13,16,19,22-27H2,1-5H3/b9-8-,12-11-,15-14-,18-17-,21-20-. The van der Waals surface area contributed by atoms with Crippen molar-refractivity contribution in [1.29, 1.82) is 0 Å². The van der Waals surface area contributed by atoms with Crippen LogP contribution in [-0.2, 0) is 32.7 Å². The summed E-state index contributed by atoms with van der Waals surface area (Å²) in [5, 5.41) is 0. The minimum Gasteiger partial charge on any atom is -0.756 e. The fraction of sp³-hybridized carbons (Fsp3) is 0.600. The highest BCUT2D eigenvalue weighted by atomic mass is 31.2. The first-order valence-corrected chi connectivity index (χ1v) is 15.5. The number of hydrogen-bond donors (Lipinski definition) is 0. The number of esters is 2. The summed E-state index contributed by atoms with van der Waals surface area (Å²) >= 11 is 0. The van der Waals surface area contributed by atoms with E-state index >= 15 is 0 Å². The molecule has 2 atom stereocenters. The maximum Gasteiger partial charge on any atom is 0.310 e. The average molecular weight is 584 g/mol. The zero-order chi connectivity index (χ0) is 30.1. The van der Waals surface area contributed by atoms with Gasteiger partial charge in [0.05, 0.1) is 34.2 Å². The van der Waals surface area contributed by atoms with Crippen molar-refractivity contribution < 1.29 is 42.1 Å². The molecule has 0 N–H and O–H groups in total. The summed E-state index contributed by atoms with van der Waals surface area (Å²) in [5.74, 6) is -1.06. The van der Waals surface area contributed by atoms with Crippen molar-refractivity contribution in [3.8, 4) is 0 Å². The van der Waals surface area contributed by atoms with Gasteiger partial charge in [0.1, 0.15) is 19.8 Å². The summed E-state index contributed by atoms with van der Waals surface area (Å²) in [6.45, 7) is 3.53. The highest BCUT2D eigenvalue weighted by molar-refractivity contribution is 7.45. The Hall–Kier alpha value is -2.29. The van der Waals surface area contributed by atoms with Crippen LogP contribution in [0.3, 0.4) is 0 Å². The summed E-state index contributed by atoms with van der Waals surface area (Å²) in [7, 11) is 1.09. The van der Waals surface area contributed by atoms with Gasteiger partial charge >= 0.3 is 11.9 Å². The molecule has 10 heteroatoms. The smallest absolute Gasteiger partial charge is 0.310 e. The van der Waals surface area contributed by atoms with E-state index in [1.165, 1.54) is 0 Å². The molecule has 0 aromatic heterocycles. The highest BCUT2D eigenvalue weighted by Gasteiger charge is 2.21. The molecule has 0 fully saturated rings. The zero-order valence-electron chi connectivity index (χ0n) is 25.0. The number of carbonyl (C=O) groups excluding carboxylic acids is 2. The first-order chi connectivity index (χ1) is 19.0. The largest absolute Gasteiger partial charge is 0.756 e. The van der Waals surface area contributed by atoms with Crippen LogP contribution in [0, 0.1) is 0 Å².